The van der Waals surface area contributed by atoms with Gasteiger partial charge in [-0.2, -0.15) is 0 Å². The van der Waals surface area contributed by atoms with Crippen molar-refractivity contribution in [3.8, 4) is 11.6 Å². The van der Waals surface area contributed by atoms with Crippen LogP contribution in [0.15, 0.2) is 42.5 Å². The molecule has 1 aliphatic rings. The monoisotopic (exact) mass is 501 g/mol. The Bertz CT molecular complexity index is 1480. The summed E-state index contributed by atoms with van der Waals surface area (Å²) in [4.78, 5) is 18.5. The molecule has 0 bridgehead atoms. The minimum Gasteiger partial charge on any atom is -0.493 e. The molecule has 0 radical (unpaired) electrons. The third-order valence-electron chi connectivity index (χ3n) is 7.14. The van der Waals surface area contributed by atoms with Crippen molar-refractivity contribution in [2.24, 2.45) is 7.05 Å². The van der Waals surface area contributed by atoms with Crippen molar-refractivity contribution in [1.29, 1.82) is 0 Å². The molecule has 192 valence electrons. The van der Waals surface area contributed by atoms with E-state index in [4.69, 9.17) is 4.74 Å². The van der Waals surface area contributed by atoms with E-state index in [0.717, 1.165) is 38.9 Å². The molecule has 9 heteroatoms. The lowest BCUT2D eigenvalue weighted by atomic mass is 9.84. The quantitative estimate of drug-likeness (QED) is 0.406. The summed E-state index contributed by atoms with van der Waals surface area (Å²) in [6, 6.07) is 13.5. The van der Waals surface area contributed by atoms with Gasteiger partial charge in [-0.05, 0) is 60.7 Å². The number of pyridine rings is 1. The number of aryl methyl sites for hydroxylation is 3. The predicted octanol–water partition coefficient (Wildman–Crippen LogP) is 4.08. The predicted molar refractivity (Wildman–Crippen MR) is 139 cm³/mol. The third kappa shape index (κ3) is 4.99. The molecular weight excluding hydrogens is 470 g/mol. The SMILES string of the molecule is Cc1ccc([C@@H](CC(=O)O)c2ccc3c(nnn3C)c2C)cc1CN1Cc2nc(O)ccc2O[C@H](C)C1. The Morgan fingerprint density at radius 3 is 2.78 bits per heavy atom. The normalized spacial score (nSPS) is 16.7. The van der Waals surface area contributed by atoms with Gasteiger partial charge in [0.15, 0.2) is 0 Å². The van der Waals surface area contributed by atoms with Gasteiger partial charge in [-0.25, -0.2) is 9.67 Å². The van der Waals surface area contributed by atoms with Crippen molar-refractivity contribution in [2.45, 2.75) is 52.3 Å². The number of carboxylic acids is 1. The molecule has 9 nitrogen and oxygen atoms in total. The molecular formula is C28H31N5O4. The Kier molecular flexibility index (Phi) is 6.55. The number of hydrogen-bond donors (Lipinski definition) is 2. The van der Waals surface area contributed by atoms with Gasteiger partial charge in [-0.3, -0.25) is 9.69 Å². The summed E-state index contributed by atoms with van der Waals surface area (Å²) in [6.07, 6.45) is -0.0718. The molecule has 1 aliphatic heterocycles. The summed E-state index contributed by atoms with van der Waals surface area (Å²) in [5, 5.41) is 28.1. The number of carbonyl (C=O) groups is 1. The third-order valence-corrected chi connectivity index (χ3v) is 7.14. The maximum absolute atomic E-state index is 11.9. The summed E-state index contributed by atoms with van der Waals surface area (Å²) < 4.78 is 7.75. The van der Waals surface area contributed by atoms with E-state index in [2.05, 4.69) is 39.3 Å². The summed E-state index contributed by atoms with van der Waals surface area (Å²) in [7, 11) is 1.85. The molecule has 0 unspecified atom stereocenters. The second kappa shape index (κ2) is 9.82. The van der Waals surface area contributed by atoms with Crippen molar-refractivity contribution in [1.82, 2.24) is 24.9 Å². The topological polar surface area (TPSA) is 114 Å². The van der Waals surface area contributed by atoms with Gasteiger partial charge in [0.2, 0.25) is 5.88 Å². The fraction of sp³-hybridized carbons (Fsp3) is 0.357. The molecule has 2 atom stereocenters. The van der Waals surface area contributed by atoms with Gasteiger partial charge in [-0.1, -0.05) is 29.5 Å². The molecule has 4 aromatic rings. The summed E-state index contributed by atoms with van der Waals surface area (Å²) in [5.41, 5.74) is 7.48. The van der Waals surface area contributed by atoms with E-state index >= 15 is 0 Å². The van der Waals surface area contributed by atoms with Gasteiger partial charge in [0.1, 0.15) is 23.1 Å². The van der Waals surface area contributed by atoms with Crippen LogP contribution in [0.2, 0.25) is 0 Å². The zero-order valence-electron chi connectivity index (χ0n) is 21.5. The molecule has 2 aromatic carbocycles. The summed E-state index contributed by atoms with van der Waals surface area (Å²) in [5.74, 6) is -0.516. The first-order valence-corrected chi connectivity index (χ1v) is 12.4. The molecule has 0 saturated carbocycles. The zero-order chi connectivity index (χ0) is 26.3. The number of aromatic hydroxyl groups is 1. The summed E-state index contributed by atoms with van der Waals surface area (Å²) in [6.45, 7) is 7.95. The van der Waals surface area contributed by atoms with Gasteiger partial charge in [0, 0.05) is 38.7 Å². The first kappa shape index (κ1) is 24.7. The van der Waals surface area contributed by atoms with Crippen molar-refractivity contribution in [3.05, 3.63) is 76.0 Å². The van der Waals surface area contributed by atoms with E-state index in [1.54, 1.807) is 10.7 Å². The van der Waals surface area contributed by atoms with E-state index in [9.17, 15) is 15.0 Å². The van der Waals surface area contributed by atoms with Gasteiger partial charge in [0.05, 0.1) is 11.9 Å². The highest BCUT2D eigenvalue weighted by Gasteiger charge is 2.25. The number of nitrogens with zero attached hydrogens (tertiary/aromatic N) is 5. The molecule has 2 aromatic heterocycles. The lowest BCUT2D eigenvalue weighted by Gasteiger charge is -2.24. The van der Waals surface area contributed by atoms with E-state index in [1.807, 2.05) is 39.1 Å². The Morgan fingerprint density at radius 2 is 2.00 bits per heavy atom. The van der Waals surface area contributed by atoms with Gasteiger partial charge in [0.25, 0.3) is 0 Å². The van der Waals surface area contributed by atoms with Gasteiger partial charge < -0.3 is 14.9 Å². The average molecular weight is 502 g/mol. The molecule has 3 heterocycles. The number of aliphatic carboxylic acids is 1. The molecule has 0 amide bonds. The van der Waals surface area contributed by atoms with Crippen molar-refractivity contribution < 1.29 is 19.7 Å². The van der Waals surface area contributed by atoms with Crippen LogP contribution in [-0.4, -0.2) is 53.7 Å². The van der Waals surface area contributed by atoms with Crippen LogP contribution in [0, 0.1) is 13.8 Å². The highest BCUT2D eigenvalue weighted by Crippen LogP contribution is 2.35. The number of fused-ring (bicyclic) bond motifs is 2. The van der Waals surface area contributed by atoms with Crippen LogP contribution < -0.4 is 4.74 Å². The summed E-state index contributed by atoms with van der Waals surface area (Å²) >= 11 is 0. The Labute approximate surface area is 215 Å². The number of aromatic nitrogens is 4. The molecule has 5 rings (SSSR count). The number of rotatable bonds is 6. The van der Waals surface area contributed by atoms with E-state index in [0.29, 0.717) is 31.1 Å². The average Bonchev–Trinajstić information content (AvgIpc) is 3.14. The molecule has 0 aliphatic carbocycles. The molecule has 2 N–H and O–H groups in total. The smallest absolute Gasteiger partial charge is 0.304 e. The second-order valence-corrected chi connectivity index (χ2v) is 9.91. The van der Waals surface area contributed by atoms with Crippen LogP contribution in [0.3, 0.4) is 0 Å². The van der Waals surface area contributed by atoms with Crippen LogP contribution in [0.5, 0.6) is 11.6 Å². The van der Waals surface area contributed by atoms with Crippen molar-refractivity contribution >= 4 is 17.0 Å². The lowest BCUT2D eigenvalue weighted by Crippen LogP contribution is -2.31. The maximum atomic E-state index is 11.9. The lowest BCUT2D eigenvalue weighted by molar-refractivity contribution is -0.137. The van der Waals surface area contributed by atoms with E-state index < -0.39 is 5.97 Å². The molecule has 37 heavy (non-hydrogen) atoms. The fourth-order valence-corrected chi connectivity index (χ4v) is 5.24. The maximum Gasteiger partial charge on any atom is 0.304 e. The number of hydrogen-bond acceptors (Lipinski definition) is 7. The van der Waals surface area contributed by atoms with Crippen molar-refractivity contribution in [2.75, 3.05) is 6.54 Å². The Morgan fingerprint density at radius 1 is 1.19 bits per heavy atom. The molecule has 0 fully saturated rings. The van der Waals surface area contributed by atoms with Crippen LogP contribution in [0.1, 0.15) is 52.8 Å². The molecule has 0 spiro atoms. The van der Waals surface area contributed by atoms with Gasteiger partial charge in [-0.15, -0.1) is 5.10 Å². The first-order valence-electron chi connectivity index (χ1n) is 12.4. The minimum absolute atomic E-state index is 0.0259. The Hall–Kier alpha value is -3.98. The minimum atomic E-state index is -0.855. The van der Waals surface area contributed by atoms with Crippen LogP contribution in [0.25, 0.3) is 11.0 Å². The van der Waals surface area contributed by atoms with Gasteiger partial charge >= 0.3 is 5.97 Å². The van der Waals surface area contributed by atoms with Crippen molar-refractivity contribution in [3.63, 3.8) is 0 Å². The highest BCUT2D eigenvalue weighted by atomic mass is 16.5. The van der Waals surface area contributed by atoms with Crippen LogP contribution >= 0.6 is 0 Å². The van der Waals surface area contributed by atoms with E-state index in [1.165, 1.54) is 6.07 Å². The van der Waals surface area contributed by atoms with E-state index in [-0.39, 0.29) is 24.3 Å². The first-order chi connectivity index (χ1) is 17.7. The number of carboxylic acid groups (broad SMARTS) is 1. The largest absolute Gasteiger partial charge is 0.493 e. The zero-order valence-corrected chi connectivity index (χ0v) is 21.5. The molecule has 0 saturated heterocycles. The number of ether oxygens (including phenoxy) is 1. The Balaban J connectivity index is 1.49. The highest BCUT2D eigenvalue weighted by molar-refractivity contribution is 5.80. The standard InChI is InChI=1S/C28H31N5O4/c1-16-5-6-19(22(12-27(35)36)21-7-8-24-28(18(21)3)30-31-32(24)4)11-20(16)14-33-13-17(2)37-25-9-10-26(34)29-23(25)15-33/h5-11,17,22H,12-15H2,1-4H3,(H,29,34)(H,35,36)/t17-,22-/m1/s1. The van der Waals surface area contributed by atoms with Crippen LogP contribution in [-0.2, 0) is 24.9 Å². The second-order valence-electron chi connectivity index (χ2n) is 9.91. The van der Waals surface area contributed by atoms with Crippen LogP contribution in [0.4, 0.5) is 0 Å². The fourth-order valence-electron chi connectivity index (χ4n) is 5.24. The number of benzene rings is 2.